The van der Waals surface area contributed by atoms with Gasteiger partial charge in [0, 0.05) is 17.3 Å². The van der Waals surface area contributed by atoms with Gasteiger partial charge in [0.1, 0.15) is 12.4 Å². The van der Waals surface area contributed by atoms with Crippen LogP contribution in [0.4, 0.5) is 4.39 Å². The van der Waals surface area contributed by atoms with Gasteiger partial charge < -0.3 is 10.0 Å². The van der Waals surface area contributed by atoms with E-state index in [0.717, 1.165) is 30.5 Å². The molecule has 1 aliphatic carbocycles. The van der Waals surface area contributed by atoms with Crippen LogP contribution in [-0.4, -0.2) is 44.3 Å². The monoisotopic (exact) mass is 359 g/mol. The second kappa shape index (κ2) is 7.27. The van der Waals surface area contributed by atoms with Crippen molar-refractivity contribution in [2.75, 3.05) is 6.54 Å². The predicted molar refractivity (Wildman–Crippen MR) is 94.0 cm³/mol. The van der Waals surface area contributed by atoms with E-state index in [2.05, 4.69) is 5.10 Å². The van der Waals surface area contributed by atoms with Gasteiger partial charge in [0.05, 0.1) is 5.69 Å². The lowest BCUT2D eigenvalue weighted by atomic mass is 9.95. The van der Waals surface area contributed by atoms with E-state index in [-0.39, 0.29) is 24.1 Å². The van der Waals surface area contributed by atoms with Crippen molar-refractivity contribution in [2.24, 2.45) is 0 Å². The summed E-state index contributed by atoms with van der Waals surface area (Å²) >= 11 is 0. The van der Waals surface area contributed by atoms with Gasteiger partial charge >= 0.3 is 5.97 Å². The molecule has 7 heteroatoms. The summed E-state index contributed by atoms with van der Waals surface area (Å²) in [6, 6.07) is 5.83. The first-order valence-electron chi connectivity index (χ1n) is 8.78. The van der Waals surface area contributed by atoms with Crippen molar-refractivity contribution in [3.63, 3.8) is 0 Å². The highest BCUT2D eigenvalue weighted by molar-refractivity contribution is 5.96. The molecule has 1 aliphatic rings. The molecule has 0 spiro atoms. The maximum absolute atomic E-state index is 13.6. The summed E-state index contributed by atoms with van der Waals surface area (Å²) in [7, 11) is 0. The maximum atomic E-state index is 13.6. The number of benzene rings is 1. The van der Waals surface area contributed by atoms with E-state index in [1.54, 1.807) is 30.7 Å². The minimum absolute atomic E-state index is 0.267. The van der Waals surface area contributed by atoms with Crippen LogP contribution in [0.15, 0.2) is 24.3 Å². The zero-order chi connectivity index (χ0) is 18.8. The summed E-state index contributed by atoms with van der Waals surface area (Å²) in [4.78, 5) is 25.5. The summed E-state index contributed by atoms with van der Waals surface area (Å²) in [5.41, 5.74) is 2.60. The molecule has 3 rings (SSSR count). The molecule has 0 radical (unpaired) electrons. The van der Waals surface area contributed by atoms with Gasteiger partial charge in [-0.15, -0.1) is 0 Å². The number of hydrogen-bond donors (Lipinski definition) is 1. The molecular formula is C19H22FN3O3. The van der Waals surface area contributed by atoms with E-state index >= 15 is 0 Å². The van der Waals surface area contributed by atoms with Crippen LogP contribution in [-0.2, 0) is 17.6 Å². The fourth-order valence-corrected chi connectivity index (χ4v) is 3.36. The molecule has 1 aromatic heterocycles. The molecule has 0 saturated heterocycles. The highest BCUT2D eigenvalue weighted by atomic mass is 19.1. The lowest BCUT2D eigenvalue weighted by Crippen LogP contribution is -2.41. The molecule has 138 valence electrons. The number of carbonyl (C=O) groups excluding carboxylic acids is 1. The Balaban J connectivity index is 2.07. The third-order valence-corrected chi connectivity index (χ3v) is 4.63. The normalized spacial score (nSPS) is 13.5. The summed E-state index contributed by atoms with van der Waals surface area (Å²) < 4.78 is 15.3. The average molecular weight is 359 g/mol. The highest BCUT2D eigenvalue weighted by Gasteiger charge is 2.30. The number of carbonyl (C=O) groups is 2. The van der Waals surface area contributed by atoms with Crippen molar-refractivity contribution in [3.8, 4) is 5.69 Å². The number of aromatic nitrogens is 2. The van der Waals surface area contributed by atoms with Crippen molar-refractivity contribution >= 4 is 11.9 Å². The minimum Gasteiger partial charge on any atom is -0.480 e. The first-order valence-corrected chi connectivity index (χ1v) is 8.78. The van der Waals surface area contributed by atoms with Crippen molar-refractivity contribution in [2.45, 2.75) is 45.6 Å². The number of rotatable bonds is 5. The van der Waals surface area contributed by atoms with Crippen molar-refractivity contribution in [1.29, 1.82) is 0 Å². The summed E-state index contributed by atoms with van der Waals surface area (Å²) in [5, 5.41) is 13.6. The number of nitrogens with zero attached hydrogens (tertiary/aromatic N) is 3. The van der Waals surface area contributed by atoms with Crippen LogP contribution in [0.2, 0.25) is 0 Å². The van der Waals surface area contributed by atoms with Gasteiger partial charge in [-0.05, 0) is 57.7 Å². The maximum Gasteiger partial charge on any atom is 0.323 e. The largest absolute Gasteiger partial charge is 0.480 e. The Hall–Kier alpha value is -2.70. The fraction of sp³-hybridized carbons (Fsp3) is 0.421. The number of halogens is 1. The number of amides is 1. The Labute approximate surface area is 151 Å². The van der Waals surface area contributed by atoms with Crippen LogP contribution >= 0.6 is 0 Å². The molecule has 0 atom stereocenters. The van der Waals surface area contributed by atoms with Gasteiger partial charge in [-0.2, -0.15) is 5.10 Å². The Bertz CT molecular complexity index is 845. The molecule has 0 saturated carbocycles. The number of hydrogen-bond acceptors (Lipinski definition) is 3. The molecular weight excluding hydrogens is 337 g/mol. The van der Waals surface area contributed by atoms with E-state index < -0.39 is 11.9 Å². The molecule has 0 unspecified atom stereocenters. The average Bonchev–Trinajstić information content (AvgIpc) is 2.98. The number of carboxylic acid groups (broad SMARTS) is 1. The Morgan fingerprint density at radius 2 is 2.04 bits per heavy atom. The molecule has 0 bridgehead atoms. The van der Waals surface area contributed by atoms with Gasteiger partial charge in [-0.25, -0.2) is 9.07 Å². The fourth-order valence-electron chi connectivity index (χ4n) is 3.36. The van der Waals surface area contributed by atoms with Crippen LogP contribution in [0.5, 0.6) is 0 Å². The quantitative estimate of drug-likeness (QED) is 0.891. The zero-order valence-corrected chi connectivity index (χ0v) is 14.9. The van der Waals surface area contributed by atoms with Crippen LogP contribution < -0.4 is 0 Å². The van der Waals surface area contributed by atoms with Crippen LogP contribution in [0.3, 0.4) is 0 Å². The second-order valence-electron chi connectivity index (χ2n) is 6.79. The molecule has 1 N–H and O–H groups in total. The third-order valence-electron chi connectivity index (χ3n) is 4.63. The molecule has 0 aliphatic heterocycles. The highest BCUT2D eigenvalue weighted by Crippen LogP contribution is 2.28. The SMILES string of the molecule is CC(C)N(CC(=O)O)C(=O)c1nn(-c2cccc(F)c2)c2c1CCCC2. The Morgan fingerprint density at radius 3 is 2.69 bits per heavy atom. The van der Waals surface area contributed by atoms with Crippen LogP contribution in [0.1, 0.15) is 48.4 Å². The lowest BCUT2D eigenvalue weighted by molar-refractivity contribution is -0.138. The molecule has 1 amide bonds. The van der Waals surface area contributed by atoms with Crippen molar-refractivity contribution in [3.05, 3.63) is 47.0 Å². The number of carboxylic acids is 1. The third kappa shape index (κ3) is 3.47. The minimum atomic E-state index is -1.06. The van der Waals surface area contributed by atoms with E-state index in [1.807, 2.05) is 0 Å². The topological polar surface area (TPSA) is 75.4 Å². The van der Waals surface area contributed by atoms with Crippen molar-refractivity contribution in [1.82, 2.24) is 14.7 Å². The summed E-state index contributed by atoms with van der Waals surface area (Å²) in [5.74, 6) is -1.83. The molecule has 1 heterocycles. The summed E-state index contributed by atoms with van der Waals surface area (Å²) in [6.07, 6.45) is 3.39. The molecule has 2 aromatic rings. The first-order chi connectivity index (χ1) is 12.4. The molecule has 6 nitrogen and oxygen atoms in total. The van der Waals surface area contributed by atoms with E-state index in [1.165, 1.54) is 17.0 Å². The van der Waals surface area contributed by atoms with Crippen LogP contribution in [0, 0.1) is 5.82 Å². The van der Waals surface area contributed by atoms with E-state index in [9.17, 15) is 14.0 Å². The van der Waals surface area contributed by atoms with E-state index in [0.29, 0.717) is 12.1 Å². The molecule has 0 fully saturated rings. The summed E-state index contributed by atoms with van der Waals surface area (Å²) in [6.45, 7) is 3.17. The molecule has 26 heavy (non-hydrogen) atoms. The van der Waals surface area contributed by atoms with Gasteiger partial charge in [0.25, 0.3) is 5.91 Å². The number of aliphatic carboxylic acids is 1. The Morgan fingerprint density at radius 1 is 1.31 bits per heavy atom. The first kappa shape index (κ1) is 18.1. The van der Waals surface area contributed by atoms with Gasteiger partial charge in [-0.1, -0.05) is 6.07 Å². The Kier molecular flexibility index (Phi) is 5.06. The zero-order valence-electron chi connectivity index (χ0n) is 14.9. The predicted octanol–water partition coefficient (Wildman–Crippen LogP) is 2.83. The van der Waals surface area contributed by atoms with Crippen LogP contribution in [0.25, 0.3) is 5.69 Å². The van der Waals surface area contributed by atoms with Gasteiger partial charge in [0.15, 0.2) is 5.69 Å². The number of fused-ring (bicyclic) bond motifs is 1. The lowest BCUT2D eigenvalue weighted by Gasteiger charge is -2.24. The molecule has 1 aromatic carbocycles. The van der Waals surface area contributed by atoms with Crippen molar-refractivity contribution < 1.29 is 19.1 Å². The second-order valence-corrected chi connectivity index (χ2v) is 6.79. The van der Waals surface area contributed by atoms with Gasteiger partial charge in [0.2, 0.25) is 0 Å². The smallest absolute Gasteiger partial charge is 0.323 e. The van der Waals surface area contributed by atoms with E-state index in [4.69, 9.17) is 5.11 Å². The van der Waals surface area contributed by atoms with Gasteiger partial charge in [-0.3, -0.25) is 9.59 Å². The standard InChI is InChI=1S/C19H22FN3O3/c1-12(2)22(11-17(24)25)19(26)18-15-8-3-4-9-16(15)23(21-18)14-7-5-6-13(20)10-14/h5-7,10,12H,3-4,8-9,11H2,1-2H3,(H,24,25).